The predicted molar refractivity (Wildman–Crippen MR) is 156 cm³/mol. The minimum atomic E-state index is -0.653. The summed E-state index contributed by atoms with van der Waals surface area (Å²) >= 11 is 0. The molecular formula is C34H35NO6. The van der Waals surface area contributed by atoms with Crippen molar-refractivity contribution in [2.45, 2.75) is 44.9 Å². The van der Waals surface area contributed by atoms with Crippen molar-refractivity contribution in [3.63, 3.8) is 0 Å². The van der Waals surface area contributed by atoms with Gasteiger partial charge in [0.25, 0.3) is 0 Å². The fraction of sp³-hybridized carbons (Fsp3) is 0.294. The number of carbonyl (C=O) groups excluding carboxylic acids is 2. The predicted octanol–water partition coefficient (Wildman–Crippen LogP) is 5.95. The zero-order valence-electron chi connectivity index (χ0n) is 23.6. The summed E-state index contributed by atoms with van der Waals surface area (Å²) in [6.07, 6.45) is 1.52. The lowest BCUT2D eigenvalue weighted by atomic mass is 9.71. The summed E-state index contributed by atoms with van der Waals surface area (Å²) in [4.78, 5) is 27.5. The molecule has 212 valence electrons. The molecule has 0 amide bonds. The van der Waals surface area contributed by atoms with E-state index >= 15 is 0 Å². The second-order valence-corrected chi connectivity index (χ2v) is 10.3. The van der Waals surface area contributed by atoms with Crippen LogP contribution in [0.5, 0.6) is 17.2 Å². The van der Waals surface area contributed by atoms with Crippen LogP contribution in [0.2, 0.25) is 0 Å². The lowest BCUT2D eigenvalue weighted by Crippen LogP contribution is -2.36. The Morgan fingerprint density at radius 2 is 1.73 bits per heavy atom. The van der Waals surface area contributed by atoms with Gasteiger partial charge in [0.15, 0.2) is 17.3 Å². The smallest absolute Gasteiger partial charge is 0.336 e. The van der Waals surface area contributed by atoms with Crippen molar-refractivity contribution in [1.82, 2.24) is 5.32 Å². The number of hydrogen-bond donors (Lipinski definition) is 2. The standard InChI is InChI=1S/C34H35NO6/c1-4-40-30-20-24(12-15-28(30)36)32-31(34(38)41-17-16-22-8-6-5-7-9-22)21(2)35-27-18-25(19-29(37)33(27)32)23-10-13-26(39-3)14-11-23/h5-15,20,25,32,35-36H,4,16-19H2,1-3H3/t25-,32+/m1/s1. The highest BCUT2D eigenvalue weighted by molar-refractivity contribution is 6.04. The van der Waals surface area contributed by atoms with Crippen molar-refractivity contribution in [2.24, 2.45) is 0 Å². The van der Waals surface area contributed by atoms with E-state index in [-0.39, 0.29) is 24.1 Å². The summed E-state index contributed by atoms with van der Waals surface area (Å²) in [6, 6.07) is 22.6. The largest absolute Gasteiger partial charge is 0.504 e. The van der Waals surface area contributed by atoms with Gasteiger partial charge in [0, 0.05) is 35.7 Å². The van der Waals surface area contributed by atoms with Crippen molar-refractivity contribution in [3.05, 3.63) is 112 Å². The van der Waals surface area contributed by atoms with Gasteiger partial charge in [0.1, 0.15) is 5.75 Å². The maximum Gasteiger partial charge on any atom is 0.336 e. The third-order valence-corrected chi connectivity index (χ3v) is 7.72. The summed E-state index contributed by atoms with van der Waals surface area (Å²) < 4.78 is 16.7. The Kier molecular flexibility index (Phi) is 8.43. The van der Waals surface area contributed by atoms with Gasteiger partial charge in [-0.05, 0) is 67.1 Å². The summed E-state index contributed by atoms with van der Waals surface area (Å²) in [5.74, 6) is -0.0964. The van der Waals surface area contributed by atoms with Gasteiger partial charge in [-0.15, -0.1) is 0 Å². The number of ether oxygens (including phenoxy) is 3. The molecule has 7 heteroatoms. The number of phenols is 1. The van der Waals surface area contributed by atoms with Gasteiger partial charge in [0.2, 0.25) is 0 Å². The number of phenolic OH excluding ortho intramolecular Hbond substituents is 1. The second kappa shape index (κ2) is 12.3. The van der Waals surface area contributed by atoms with Gasteiger partial charge in [-0.25, -0.2) is 4.79 Å². The number of methoxy groups -OCH3 is 1. The number of ketones is 1. The number of allylic oxidation sites excluding steroid dienone is 3. The topological polar surface area (TPSA) is 94.1 Å². The third-order valence-electron chi connectivity index (χ3n) is 7.72. The first-order chi connectivity index (χ1) is 19.9. The molecule has 0 bridgehead atoms. The van der Waals surface area contributed by atoms with Gasteiger partial charge in [-0.1, -0.05) is 48.5 Å². The van der Waals surface area contributed by atoms with Gasteiger partial charge in [-0.2, -0.15) is 0 Å². The molecule has 0 spiro atoms. The molecule has 2 aliphatic rings. The molecule has 0 radical (unpaired) electrons. The number of rotatable bonds is 9. The maximum absolute atomic E-state index is 13.9. The molecule has 0 fully saturated rings. The highest BCUT2D eigenvalue weighted by Gasteiger charge is 2.41. The Bertz CT molecular complexity index is 1490. The van der Waals surface area contributed by atoms with Gasteiger partial charge < -0.3 is 24.6 Å². The van der Waals surface area contributed by atoms with Crippen molar-refractivity contribution >= 4 is 11.8 Å². The molecule has 3 aromatic rings. The van der Waals surface area contributed by atoms with Crippen LogP contribution in [-0.2, 0) is 20.7 Å². The molecule has 0 saturated heterocycles. The van der Waals surface area contributed by atoms with Crippen LogP contribution in [-0.4, -0.2) is 37.2 Å². The SMILES string of the molecule is CCOc1cc([C@H]2C(C(=O)OCCc3ccccc3)=C(C)NC3=C2C(=O)C[C@H](c2ccc(OC)cc2)C3)ccc1O. The average molecular weight is 554 g/mol. The lowest BCUT2D eigenvalue weighted by molar-refractivity contribution is -0.139. The Balaban J connectivity index is 1.49. The molecule has 2 atom stereocenters. The zero-order valence-corrected chi connectivity index (χ0v) is 23.6. The van der Waals surface area contributed by atoms with Crippen LogP contribution in [0.3, 0.4) is 0 Å². The van der Waals surface area contributed by atoms with Crippen LogP contribution in [0.4, 0.5) is 0 Å². The summed E-state index contributed by atoms with van der Waals surface area (Å²) in [7, 11) is 1.63. The molecule has 1 aliphatic heterocycles. The molecule has 7 nitrogen and oxygen atoms in total. The number of dihydropyridines is 1. The minimum absolute atomic E-state index is 0.000895. The fourth-order valence-corrected chi connectivity index (χ4v) is 5.72. The van der Waals surface area contributed by atoms with E-state index in [1.54, 1.807) is 25.3 Å². The Labute approximate surface area is 240 Å². The highest BCUT2D eigenvalue weighted by atomic mass is 16.5. The van der Waals surface area contributed by atoms with Crippen LogP contribution in [0.15, 0.2) is 95.3 Å². The number of Topliss-reactive ketones (excluding diaryl/α,β-unsaturated/α-hetero) is 1. The molecular weight excluding hydrogens is 518 g/mol. The Morgan fingerprint density at radius 3 is 2.44 bits per heavy atom. The second-order valence-electron chi connectivity index (χ2n) is 10.3. The van der Waals surface area contributed by atoms with Crippen LogP contribution in [0, 0.1) is 0 Å². The zero-order chi connectivity index (χ0) is 28.9. The summed E-state index contributed by atoms with van der Waals surface area (Å²) in [5.41, 5.74) is 5.21. The Morgan fingerprint density at radius 1 is 1.00 bits per heavy atom. The van der Waals surface area contributed by atoms with Crippen LogP contribution < -0.4 is 14.8 Å². The first kappa shape index (κ1) is 28.0. The molecule has 0 unspecified atom stereocenters. The van der Waals surface area contributed by atoms with E-state index in [1.165, 1.54) is 0 Å². The van der Waals surface area contributed by atoms with E-state index < -0.39 is 11.9 Å². The van der Waals surface area contributed by atoms with Crippen molar-refractivity contribution in [3.8, 4) is 17.2 Å². The number of benzene rings is 3. The normalized spacial score (nSPS) is 18.5. The van der Waals surface area contributed by atoms with Crippen molar-refractivity contribution in [1.29, 1.82) is 0 Å². The van der Waals surface area contributed by atoms with E-state index in [0.29, 0.717) is 54.0 Å². The molecule has 3 aromatic carbocycles. The lowest BCUT2D eigenvalue weighted by Gasteiger charge is -2.36. The monoisotopic (exact) mass is 553 g/mol. The van der Waals surface area contributed by atoms with E-state index in [4.69, 9.17) is 14.2 Å². The van der Waals surface area contributed by atoms with E-state index in [0.717, 1.165) is 22.6 Å². The maximum atomic E-state index is 13.9. The molecule has 0 saturated carbocycles. The molecule has 41 heavy (non-hydrogen) atoms. The molecule has 5 rings (SSSR count). The van der Waals surface area contributed by atoms with Crippen molar-refractivity contribution < 1.29 is 28.9 Å². The van der Waals surface area contributed by atoms with E-state index in [2.05, 4.69) is 5.32 Å². The highest BCUT2D eigenvalue weighted by Crippen LogP contribution is 2.47. The van der Waals surface area contributed by atoms with Gasteiger partial charge >= 0.3 is 5.97 Å². The molecule has 0 aromatic heterocycles. The fourth-order valence-electron chi connectivity index (χ4n) is 5.72. The van der Waals surface area contributed by atoms with Crippen LogP contribution >= 0.6 is 0 Å². The van der Waals surface area contributed by atoms with Crippen LogP contribution in [0.25, 0.3) is 0 Å². The van der Waals surface area contributed by atoms with E-state index in [9.17, 15) is 14.7 Å². The quantitative estimate of drug-likeness (QED) is 0.317. The molecule has 2 N–H and O–H groups in total. The molecule has 1 heterocycles. The van der Waals surface area contributed by atoms with Crippen molar-refractivity contribution in [2.75, 3.05) is 20.3 Å². The third kappa shape index (κ3) is 5.99. The Hall–Kier alpha value is -4.52. The molecule has 1 aliphatic carbocycles. The van der Waals surface area contributed by atoms with Gasteiger partial charge in [0.05, 0.1) is 25.9 Å². The number of nitrogens with one attached hydrogen (secondary N) is 1. The summed E-state index contributed by atoms with van der Waals surface area (Å²) in [5, 5.41) is 13.8. The number of esters is 1. The first-order valence-electron chi connectivity index (χ1n) is 13.9. The number of hydrogen-bond acceptors (Lipinski definition) is 7. The van der Waals surface area contributed by atoms with Crippen LogP contribution in [0.1, 0.15) is 55.2 Å². The minimum Gasteiger partial charge on any atom is -0.504 e. The first-order valence-corrected chi connectivity index (χ1v) is 13.9. The summed E-state index contributed by atoms with van der Waals surface area (Å²) in [6.45, 7) is 4.26. The number of aromatic hydroxyl groups is 1. The van der Waals surface area contributed by atoms with Gasteiger partial charge in [-0.3, -0.25) is 4.79 Å². The average Bonchev–Trinajstić information content (AvgIpc) is 2.98. The number of carbonyl (C=O) groups is 2. The van der Waals surface area contributed by atoms with E-state index in [1.807, 2.05) is 68.4 Å².